The predicted octanol–water partition coefficient (Wildman–Crippen LogP) is 3.49. The van der Waals surface area contributed by atoms with Crippen LogP contribution in [0.4, 0.5) is 5.13 Å². The van der Waals surface area contributed by atoms with Crippen molar-refractivity contribution >= 4 is 48.0 Å². The van der Waals surface area contributed by atoms with Crippen molar-refractivity contribution in [2.24, 2.45) is 0 Å². The van der Waals surface area contributed by atoms with Crippen LogP contribution in [0, 0.1) is 13.8 Å². The zero-order chi connectivity index (χ0) is 17.6. The number of thiophene rings is 1. The summed E-state index contributed by atoms with van der Waals surface area (Å²) in [6.45, 7) is 6.53. The van der Waals surface area contributed by atoms with E-state index in [4.69, 9.17) is 4.98 Å². The number of sulfonamides is 1. The molecular formula is C17H19N3O2S3. The molecule has 0 radical (unpaired) electrons. The van der Waals surface area contributed by atoms with E-state index in [0.717, 1.165) is 10.6 Å². The van der Waals surface area contributed by atoms with Gasteiger partial charge in [-0.25, -0.2) is 13.4 Å². The lowest BCUT2D eigenvalue weighted by Crippen LogP contribution is -2.48. The third-order valence-corrected chi connectivity index (χ3v) is 9.02. The molecule has 0 amide bonds. The number of hydrogen-bond donors (Lipinski definition) is 0. The Morgan fingerprint density at radius 3 is 2.52 bits per heavy atom. The van der Waals surface area contributed by atoms with Crippen LogP contribution in [0.2, 0.25) is 0 Å². The molecule has 1 saturated heterocycles. The summed E-state index contributed by atoms with van der Waals surface area (Å²) >= 11 is 2.96. The summed E-state index contributed by atoms with van der Waals surface area (Å²) in [5.41, 5.74) is 3.53. The molecule has 1 aliphatic heterocycles. The molecule has 1 fully saturated rings. The van der Waals surface area contributed by atoms with Crippen molar-refractivity contribution in [2.45, 2.75) is 18.1 Å². The average Bonchev–Trinajstić information content (AvgIpc) is 3.28. The molecule has 1 aromatic carbocycles. The molecule has 5 nitrogen and oxygen atoms in total. The summed E-state index contributed by atoms with van der Waals surface area (Å²) in [5.74, 6) is 0. The molecule has 0 bridgehead atoms. The third-order valence-electron chi connectivity index (χ3n) is 4.67. The number of aryl methyl sites for hydroxylation is 2. The highest BCUT2D eigenvalue weighted by Crippen LogP contribution is 2.33. The van der Waals surface area contributed by atoms with Crippen LogP contribution < -0.4 is 4.90 Å². The molecule has 0 spiro atoms. The van der Waals surface area contributed by atoms with E-state index >= 15 is 0 Å². The molecule has 3 aromatic rings. The van der Waals surface area contributed by atoms with Crippen LogP contribution in [0.1, 0.15) is 11.1 Å². The topological polar surface area (TPSA) is 53.5 Å². The van der Waals surface area contributed by atoms with Crippen molar-refractivity contribution < 1.29 is 8.42 Å². The van der Waals surface area contributed by atoms with Crippen LogP contribution in [-0.2, 0) is 10.0 Å². The van der Waals surface area contributed by atoms with Gasteiger partial charge in [0.15, 0.2) is 5.13 Å². The number of anilines is 1. The first-order chi connectivity index (χ1) is 12.0. The highest BCUT2D eigenvalue weighted by atomic mass is 32.2. The van der Waals surface area contributed by atoms with Crippen molar-refractivity contribution in [3.05, 3.63) is 40.8 Å². The van der Waals surface area contributed by atoms with E-state index in [9.17, 15) is 8.42 Å². The zero-order valence-corrected chi connectivity index (χ0v) is 16.5. The van der Waals surface area contributed by atoms with Gasteiger partial charge in [-0.2, -0.15) is 4.31 Å². The molecule has 2 aromatic heterocycles. The van der Waals surface area contributed by atoms with Gasteiger partial charge in [-0.1, -0.05) is 23.5 Å². The number of fused-ring (bicyclic) bond motifs is 1. The van der Waals surface area contributed by atoms with Gasteiger partial charge in [-0.3, -0.25) is 0 Å². The highest BCUT2D eigenvalue weighted by Gasteiger charge is 2.30. The lowest BCUT2D eigenvalue weighted by atomic mass is 10.1. The van der Waals surface area contributed by atoms with E-state index in [1.54, 1.807) is 33.2 Å². The fourth-order valence-electron chi connectivity index (χ4n) is 3.01. The largest absolute Gasteiger partial charge is 0.345 e. The smallest absolute Gasteiger partial charge is 0.252 e. The van der Waals surface area contributed by atoms with Gasteiger partial charge in [0.1, 0.15) is 4.21 Å². The van der Waals surface area contributed by atoms with Gasteiger partial charge in [0.2, 0.25) is 0 Å². The molecule has 0 saturated carbocycles. The van der Waals surface area contributed by atoms with Gasteiger partial charge < -0.3 is 4.90 Å². The molecule has 0 aliphatic carbocycles. The maximum absolute atomic E-state index is 12.6. The van der Waals surface area contributed by atoms with E-state index in [-0.39, 0.29) is 0 Å². The van der Waals surface area contributed by atoms with Crippen molar-refractivity contribution in [3.63, 3.8) is 0 Å². The van der Waals surface area contributed by atoms with Gasteiger partial charge in [0.25, 0.3) is 10.0 Å². The quantitative estimate of drug-likeness (QED) is 0.684. The summed E-state index contributed by atoms with van der Waals surface area (Å²) in [6, 6.07) is 7.70. The van der Waals surface area contributed by atoms with Crippen LogP contribution in [0.3, 0.4) is 0 Å². The Labute approximate surface area is 155 Å². The molecule has 1 aliphatic rings. The maximum Gasteiger partial charge on any atom is 0.252 e. The SMILES string of the molecule is Cc1ccc2sc(N3CCN(S(=O)(=O)c4cccs4)CC3)nc2c1C. The lowest BCUT2D eigenvalue weighted by molar-refractivity contribution is 0.386. The minimum absolute atomic E-state index is 0.423. The minimum Gasteiger partial charge on any atom is -0.345 e. The van der Waals surface area contributed by atoms with Crippen LogP contribution in [-0.4, -0.2) is 43.9 Å². The molecule has 0 N–H and O–H groups in total. The Balaban J connectivity index is 1.53. The number of aromatic nitrogens is 1. The molecule has 3 heterocycles. The number of benzene rings is 1. The van der Waals surface area contributed by atoms with Gasteiger partial charge in [0, 0.05) is 26.2 Å². The van der Waals surface area contributed by atoms with Gasteiger partial charge in [0.05, 0.1) is 10.2 Å². The van der Waals surface area contributed by atoms with Crippen molar-refractivity contribution in [1.29, 1.82) is 0 Å². The van der Waals surface area contributed by atoms with E-state index in [2.05, 4.69) is 30.9 Å². The van der Waals surface area contributed by atoms with Crippen molar-refractivity contribution in [1.82, 2.24) is 9.29 Å². The minimum atomic E-state index is -3.35. The molecule has 4 rings (SSSR count). The first-order valence-electron chi connectivity index (χ1n) is 8.12. The van der Waals surface area contributed by atoms with Crippen LogP contribution in [0.5, 0.6) is 0 Å². The highest BCUT2D eigenvalue weighted by molar-refractivity contribution is 7.91. The third kappa shape index (κ3) is 2.97. The summed E-state index contributed by atoms with van der Waals surface area (Å²) in [4.78, 5) is 7.01. The monoisotopic (exact) mass is 393 g/mol. The average molecular weight is 394 g/mol. The van der Waals surface area contributed by atoms with E-state index < -0.39 is 10.0 Å². The van der Waals surface area contributed by atoms with Crippen LogP contribution in [0.15, 0.2) is 33.9 Å². The van der Waals surface area contributed by atoms with Crippen LogP contribution in [0.25, 0.3) is 10.2 Å². The van der Waals surface area contributed by atoms with Gasteiger partial charge in [-0.05, 0) is 42.5 Å². The summed E-state index contributed by atoms with van der Waals surface area (Å²) in [6.07, 6.45) is 0. The Morgan fingerprint density at radius 2 is 1.84 bits per heavy atom. The molecule has 0 atom stereocenters. The Bertz CT molecular complexity index is 1000. The number of hydrogen-bond acceptors (Lipinski definition) is 6. The van der Waals surface area contributed by atoms with Gasteiger partial charge >= 0.3 is 0 Å². The summed E-state index contributed by atoms with van der Waals surface area (Å²) in [7, 11) is -3.35. The summed E-state index contributed by atoms with van der Waals surface area (Å²) in [5, 5.41) is 2.78. The normalized spacial score (nSPS) is 16.6. The standard InChI is InChI=1S/C17H19N3O2S3/c1-12-5-6-14-16(13(12)2)18-17(24-14)19-7-9-20(10-8-19)25(21,22)15-4-3-11-23-15/h3-6,11H,7-10H2,1-2H3. The van der Waals surface area contributed by atoms with E-state index in [1.165, 1.54) is 27.2 Å². The van der Waals surface area contributed by atoms with Crippen molar-refractivity contribution in [3.8, 4) is 0 Å². The molecule has 132 valence electrons. The maximum atomic E-state index is 12.6. The Hall–Kier alpha value is -1.48. The second kappa shape index (κ2) is 6.35. The molecule has 25 heavy (non-hydrogen) atoms. The fourth-order valence-corrected chi connectivity index (χ4v) is 6.65. The second-order valence-electron chi connectivity index (χ2n) is 6.17. The second-order valence-corrected chi connectivity index (χ2v) is 10.3. The Kier molecular flexibility index (Phi) is 4.31. The molecule has 0 unspecified atom stereocenters. The number of thiazole rings is 1. The first-order valence-corrected chi connectivity index (χ1v) is 11.3. The van der Waals surface area contributed by atoms with E-state index in [1.807, 2.05) is 0 Å². The number of piperazine rings is 1. The fraction of sp³-hybridized carbons (Fsp3) is 0.353. The summed E-state index contributed by atoms with van der Waals surface area (Å²) < 4.78 is 28.4. The van der Waals surface area contributed by atoms with Gasteiger partial charge in [-0.15, -0.1) is 11.3 Å². The number of rotatable bonds is 3. The lowest BCUT2D eigenvalue weighted by Gasteiger charge is -2.33. The molecule has 8 heteroatoms. The number of nitrogens with zero attached hydrogens (tertiary/aromatic N) is 3. The zero-order valence-electron chi connectivity index (χ0n) is 14.1. The Morgan fingerprint density at radius 1 is 1.08 bits per heavy atom. The van der Waals surface area contributed by atoms with E-state index in [0.29, 0.717) is 30.4 Å². The first kappa shape index (κ1) is 17.0. The van der Waals surface area contributed by atoms with Crippen molar-refractivity contribution in [2.75, 3.05) is 31.1 Å². The van der Waals surface area contributed by atoms with Crippen LogP contribution >= 0.6 is 22.7 Å². The molecular weight excluding hydrogens is 374 g/mol. The predicted molar refractivity (Wildman–Crippen MR) is 104 cm³/mol.